The standard InChI is InChI=1S/C10H10BrO/c11-10-4-7(6-12)3-9(5-10)8-1-2-8/h3-6,8,12H,1-2H2. The van der Waals surface area contributed by atoms with E-state index >= 15 is 0 Å². The van der Waals surface area contributed by atoms with Gasteiger partial charge in [-0.15, -0.1) is 0 Å². The maximum atomic E-state index is 8.84. The maximum absolute atomic E-state index is 8.84. The normalized spacial score (nSPS) is 16.5. The van der Waals surface area contributed by atoms with Crippen molar-refractivity contribution >= 4 is 15.9 Å². The fraction of sp³-hybridized carbons (Fsp3) is 0.300. The molecule has 0 aromatic heterocycles. The van der Waals surface area contributed by atoms with Gasteiger partial charge in [0.1, 0.15) is 6.61 Å². The molecule has 63 valence electrons. The average molecular weight is 226 g/mol. The molecule has 0 unspecified atom stereocenters. The van der Waals surface area contributed by atoms with Crippen LogP contribution < -0.4 is 0 Å². The molecular formula is C10H10BrO. The molecule has 1 N–H and O–H groups in total. The van der Waals surface area contributed by atoms with Gasteiger partial charge in [0.25, 0.3) is 0 Å². The number of halogens is 1. The monoisotopic (exact) mass is 225 g/mol. The molecule has 12 heavy (non-hydrogen) atoms. The predicted octanol–water partition coefficient (Wildman–Crippen LogP) is 3.21. The highest BCUT2D eigenvalue weighted by atomic mass is 79.9. The SMILES string of the molecule is O[CH]c1cc(Br)cc(C2CC2)c1. The minimum Gasteiger partial charge on any atom is -0.385 e. The van der Waals surface area contributed by atoms with Crippen molar-refractivity contribution in [2.75, 3.05) is 0 Å². The first kappa shape index (κ1) is 8.27. The van der Waals surface area contributed by atoms with Crippen LogP contribution in [0.5, 0.6) is 0 Å². The van der Waals surface area contributed by atoms with E-state index in [2.05, 4.69) is 22.0 Å². The largest absolute Gasteiger partial charge is 0.385 e. The number of rotatable bonds is 2. The lowest BCUT2D eigenvalue weighted by atomic mass is 10.1. The minimum atomic E-state index is 0.737. The van der Waals surface area contributed by atoms with E-state index in [0.717, 1.165) is 22.6 Å². The predicted molar refractivity (Wildman–Crippen MR) is 51.5 cm³/mol. The maximum Gasteiger partial charge on any atom is 0.109 e. The van der Waals surface area contributed by atoms with Crippen molar-refractivity contribution in [3.8, 4) is 0 Å². The summed E-state index contributed by atoms with van der Waals surface area (Å²) in [5, 5.41) is 8.84. The van der Waals surface area contributed by atoms with Gasteiger partial charge in [0.2, 0.25) is 0 Å². The molecule has 1 aliphatic rings. The van der Waals surface area contributed by atoms with Crippen LogP contribution in [0.15, 0.2) is 22.7 Å². The first-order chi connectivity index (χ1) is 5.79. The van der Waals surface area contributed by atoms with Crippen molar-refractivity contribution in [1.82, 2.24) is 0 Å². The topological polar surface area (TPSA) is 20.2 Å². The summed E-state index contributed by atoms with van der Waals surface area (Å²) < 4.78 is 1.05. The summed E-state index contributed by atoms with van der Waals surface area (Å²) in [6.45, 7) is 1.15. The van der Waals surface area contributed by atoms with Crippen molar-refractivity contribution in [3.63, 3.8) is 0 Å². The van der Waals surface area contributed by atoms with Crippen molar-refractivity contribution in [2.45, 2.75) is 18.8 Å². The number of aliphatic hydroxyl groups is 1. The van der Waals surface area contributed by atoms with Crippen LogP contribution in [0.1, 0.15) is 29.9 Å². The van der Waals surface area contributed by atoms with Gasteiger partial charge in [-0.25, -0.2) is 0 Å². The lowest BCUT2D eigenvalue weighted by Crippen LogP contribution is -1.85. The first-order valence-corrected chi connectivity index (χ1v) is 4.87. The van der Waals surface area contributed by atoms with Crippen LogP contribution in [0.4, 0.5) is 0 Å². The van der Waals surface area contributed by atoms with Crippen LogP contribution in [-0.2, 0) is 0 Å². The van der Waals surface area contributed by atoms with Crippen molar-refractivity contribution in [1.29, 1.82) is 0 Å². The number of aliphatic hydroxyl groups excluding tert-OH is 1. The number of hydrogen-bond donors (Lipinski definition) is 1. The summed E-state index contributed by atoms with van der Waals surface area (Å²) in [6.07, 6.45) is 2.59. The molecule has 0 bridgehead atoms. The lowest BCUT2D eigenvalue weighted by molar-refractivity contribution is 0.414. The molecule has 0 aliphatic heterocycles. The summed E-state index contributed by atoms with van der Waals surface area (Å²) in [5.74, 6) is 0.737. The molecule has 1 fully saturated rings. The van der Waals surface area contributed by atoms with E-state index in [1.54, 1.807) is 0 Å². The van der Waals surface area contributed by atoms with Crippen LogP contribution in [0.25, 0.3) is 0 Å². The van der Waals surface area contributed by atoms with Gasteiger partial charge in [0, 0.05) is 4.47 Å². The molecule has 1 aromatic rings. The van der Waals surface area contributed by atoms with Gasteiger partial charge in [-0.1, -0.05) is 22.0 Å². The van der Waals surface area contributed by atoms with Gasteiger partial charge < -0.3 is 5.11 Å². The second-order valence-electron chi connectivity index (χ2n) is 3.22. The molecule has 0 heterocycles. The summed E-state index contributed by atoms with van der Waals surface area (Å²) in [5.41, 5.74) is 2.22. The van der Waals surface area contributed by atoms with Crippen LogP contribution in [0, 0.1) is 6.61 Å². The van der Waals surface area contributed by atoms with E-state index in [1.807, 2.05) is 12.1 Å². The molecule has 1 nitrogen and oxygen atoms in total. The summed E-state index contributed by atoms with van der Waals surface area (Å²) in [7, 11) is 0. The van der Waals surface area contributed by atoms with Crippen LogP contribution in [0.3, 0.4) is 0 Å². The molecule has 1 aromatic carbocycles. The summed E-state index contributed by atoms with van der Waals surface area (Å²) in [4.78, 5) is 0. The Kier molecular flexibility index (Phi) is 2.20. The first-order valence-electron chi connectivity index (χ1n) is 4.07. The summed E-state index contributed by atoms with van der Waals surface area (Å²) in [6, 6.07) is 6.08. The quantitative estimate of drug-likeness (QED) is 0.820. The van der Waals surface area contributed by atoms with Crippen molar-refractivity contribution < 1.29 is 5.11 Å². The third-order valence-corrected chi connectivity index (χ3v) is 2.60. The number of benzene rings is 1. The molecule has 2 heteroatoms. The van der Waals surface area contributed by atoms with E-state index in [1.165, 1.54) is 18.4 Å². The van der Waals surface area contributed by atoms with E-state index in [-0.39, 0.29) is 0 Å². The highest BCUT2D eigenvalue weighted by molar-refractivity contribution is 9.10. The Bertz CT molecular complexity index is 292. The third-order valence-electron chi connectivity index (χ3n) is 2.14. The molecule has 0 spiro atoms. The Hall–Kier alpha value is -0.340. The van der Waals surface area contributed by atoms with Gasteiger partial charge in [0.15, 0.2) is 0 Å². The van der Waals surface area contributed by atoms with Crippen LogP contribution in [0.2, 0.25) is 0 Å². The zero-order valence-electron chi connectivity index (χ0n) is 6.63. The van der Waals surface area contributed by atoms with Gasteiger partial charge in [-0.3, -0.25) is 0 Å². The minimum absolute atomic E-state index is 0.737. The molecular weight excluding hydrogens is 216 g/mol. The average Bonchev–Trinajstić information content (AvgIpc) is 2.85. The molecule has 0 saturated heterocycles. The fourth-order valence-electron chi connectivity index (χ4n) is 1.36. The van der Waals surface area contributed by atoms with Crippen LogP contribution in [-0.4, -0.2) is 5.11 Å². The second-order valence-corrected chi connectivity index (χ2v) is 4.14. The van der Waals surface area contributed by atoms with Crippen molar-refractivity contribution in [2.24, 2.45) is 0 Å². The molecule has 1 saturated carbocycles. The Balaban J connectivity index is 2.34. The Morgan fingerprint density at radius 2 is 2.08 bits per heavy atom. The zero-order chi connectivity index (χ0) is 8.55. The smallest absolute Gasteiger partial charge is 0.109 e. The fourth-order valence-corrected chi connectivity index (χ4v) is 1.89. The van der Waals surface area contributed by atoms with E-state index in [9.17, 15) is 0 Å². The molecule has 2 rings (SSSR count). The van der Waals surface area contributed by atoms with Gasteiger partial charge in [-0.05, 0) is 42.0 Å². The van der Waals surface area contributed by atoms with E-state index < -0.39 is 0 Å². The zero-order valence-corrected chi connectivity index (χ0v) is 8.21. The number of hydrogen-bond acceptors (Lipinski definition) is 1. The van der Waals surface area contributed by atoms with Gasteiger partial charge >= 0.3 is 0 Å². The third kappa shape index (κ3) is 1.70. The highest BCUT2D eigenvalue weighted by Gasteiger charge is 2.23. The van der Waals surface area contributed by atoms with E-state index in [4.69, 9.17) is 5.11 Å². The van der Waals surface area contributed by atoms with E-state index in [0.29, 0.717) is 0 Å². The second kappa shape index (κ2) is 3.19. The Morgan fingerprint density at radius 3 is 2.67 bits per heavy atom. The Morgan fingerprint density at radius 1 is 1.33 bits per heavy atom. The van der Waals surface area contributed by atoms with Crippen LogP contribution >= 0.6 is 15.9 Å². The molecule has 1 aliphatic carbocycles. The Labute approximate surface area is 80.5 Å². The van der Waals surface area contributed by atoms with Gasteiger partial charge in [0.05, 0.1) is 0 Å². The lowest BCUT2D eigenvalue weighted by Gasteiger charge is -2.02. The van der Waals surface area contributed by atoms with Crippen molar-refractivity contribution in [3.05, 3.63) is 40.4 Å². The highest BCUT2D eigenvalue weighted by Crippen LogP contribution is 2.41. The van der Waals surface area contributed by atoms with Gasteiger partial charge in [-0.2, -0.15) is 0 Å². The summed E-state index contributed by atoms with van der Waals surface area (Å²) >= 11 is 3.42. The molecule has 0 atom stereocenters. The molecule has 1 radical (unpaired) electrons. The molecule has 0 amide bonds.